The molecule has 23 heavy (non-hydrogen) atoms. The molecule has 2 aliphatic rings. The number of rotatable bonds is 3. The molecule has 7 heteroatoms. The van der Waals surface area contributed by atoms with Crippen LogP contribution in [0.1, 0.15) is 33.6 Å². The quantitative estimate of drug-likeness (QED) is 0.738. The Kier molecular flexibility index (Phi) is 5.62. The third kappa shape index (κ3) is 4.67. The lowest BCUT2D eigenvalue weighted by Gasteiger charge is -2.41. The summed E-state index contributed by atoms with van der Waals surface area (Å²) < 4.78 is 0. The van der Waals surface area contributed by atoms with Gasteiger partial charge < -0.3 is 20.4 Å². The maximum Gasteiger partial charge on any atom is 0.242 e. The Balaban J connectivity index is 1.86. The van der Waals surface area contributed by atoms with Crippen LogP contribution in [0.25, 0.3) is 0 Å². The van der Waals surface area contributed by atoms with Crippen molar-refractivity contribution in [1.82, 2.24) is 20.4 Å². The van der Waals surface area contributed by atoms with Gasteiger partial charge in [-0.3, -0.25) is 14.4 Å². The van der Waals surface area contributed by atoms with Crippen molar-refractivity contribution < 1.29 is 14.4 Å². The Labute approximate surface area is 137 Å². The van der Waals surface area contributed by atoms with Crippen molar-refractivity contribution in [2.45, 2.75) is 39.7 Å². The van der Waals surface area contributed by atoms with Gasteiger partial charge in [0.2, 0.25) is 17.7 Å². The molecule has 2 aliphatic heterocycles. The van der Waals surface area contributed by atoms with Crippen LogP contribution in [-0.2, 0) is 14.4 Å². The summed E-state index contributed by atoms with van der Waals surface area (Å²) in [4.78, 5) is 39.9. The molecular weight excluding hydrogens is 296 g/mol. The fraction of sp³-hybridized carbons (Fsp3) is 0.812. The minimum Gasteiger partial charge on any atom is -0.347 e. The van der Waals surface area contributed by atoms with Gasteiger partial charge in [-0.1, -0.05) is 20.8 Å². The second-order valence-electron chi connectivity index (χ2n) is 7.33. The van der Waals surface area contributed by atoms with E-state index in [4.69, 9.17) is 0 Å². The SMILES string of the molecule is CC(C)(C)C(=O)NCC(=O)N1CCCC(N2CCNCC2=O)C1. The van der Waals surface area contributed by atoms with E-state index < -0.39 is 5.41 Å². The lowest BCUT2D eigenvalue weighted by atomic mass is 9.96. The zero-order chi connectivity index (χ0) is 17.0. The van der Waals surface area contributed by atoms with Crippen LogP contribution < -0.4 is 10.6 Å². The highest BCUT2D eigenvalue weighted by Crippen LogP contribution is 2.17. The first-order valence-electron chi connectivity index (χ1n) is 8.35. The zero-order valence-corrected chi connectivity index (χ0v) is 14.4. The Morgan fingerprint density at radius 3 is 2.70 bits per heavy atom. The number of piperazine rings is 1. The van der Waals surface area contributed by atoms with E-state index in [1.54, 1.807) is 4.90 Å². The van der Waals surface area contributed by atoms with Crippen molar-refractivity contribution in [2.75, 3.05) is 39.3 Å². The van der Waals surface area contributed by atoms with Crippen LogP contribution in [0.5, 0.6) is 0 Å². The van der Waals surface area contributed by atoms with Crippen LogP contribution in [0.3, 0.4) is 0 Å². The maximum atomic E-state index is 12.3. The van der Waals surface area contributed by atoms with Crippen LogP contribution in [0.15, 0.2) is 0 Å². The topological polar surface area (TPSA) is 81.8 Å². The van der Waals surface area contributed by atoms with Crippen molar-refractivity contribution in [3.63, 3.8) is 0 Å². The minimum absolute atomic E-state index is 0.0261. The number of carbonyl (C=O) groups is 3. The van der Waals surface area contributed by atoms with Gasteiger partial charge in [0.05, 0.1) is 13.1 Å². The molecule has 0 aromatic rings. The minimum atomic E-state index is -0.502. The zero-order valence-electron chi connectivity index (χ0n) is 14.4. The fourth-order valence-electron chi connectivity index (χ4n) is 2.98. The van der Waals surface area contributed by atoms with Gasteiger partial charge in [-0.2, -0.15) is 0 Å². The molecule has 0 spiro atoms. The predicted octanol–water partition coefficient (Wildman–Crippen LogP) is -0.428. The summed E-state index contributed by atoms with van der Waals surface area (Å²) in [7, 11) is 0. The molecule has 0 saturated carbocycles. The number of hydrogen-bond donors (Lipinski definition) is 2. The molecule has 2 N–H and O–H groups in total. The number of amides is 3. The summed E-state index contributed by atoms with van der Waals surface area (Å²) in [5.41, 5.74) is -0.502. The lowest BCUT2D eigenvalue weighted by Crippen LogP contribution is -2.58. The van der Waals surface area contributed by atoms with Crippen LogP contribution >= 0.6 is 0 Å². The van der Waals surface area contributed by atoms with Gasteiger partial charge in [-0.05, 0) is 12.8 Å². The van der Waals surface area contributed by atoms with E-state index in [0.29, 0.717) is 26.2 Å². The smallest absolute Gasteiger partial charge is 0.242 e. The first kappa shape index (κ1) is 17.7. The molecule has 2 rings (SSSR count). The molecule has 0 aromatic carbocycles. The molecule has 3 amide bonds. The fourth-order valence-corrected chi connectivity index (χ4v) is 2.98. The highest BCUT2D eigenvalue weighted by molar-refractivity contribution is 5.87. The average Bonchev–Trinajstić information content (AvgIpc) is 2.52. The van der Waals surface area contributed by atoms with Crippen LogP contribution in [-0.4, -0.2) is 72.8 Å². The van der Waals surface area contributed by atoms with Crippen LogP contribution in [0.2, 0.25) is 0 Å². The summed E-state index contributed by atoms with van der Waals surface area (Å²) in [5.74, 6) is -0.0943. The first-order valence-corrected chi connectivity index (χ1v) is 8.35. The highest BCUT2D eigenvalue weighted by Gasteiger charge is 2.32. The van der Waals surface area contributed by atoms with Crippen molar-refractivity contribution in [3.8, 4) is 0 Å². The molecule has 1 atom stereocenters. The standard InChI is InChI=1S/C16H28N4O3/c1-16(2,3)15(23)18-10-13(21)19-7-4-5-12(11-19)20-8-6-17-9-14(20)22/h12,17H,4-11H2,1-3H3,(H,18,23). The molecule has 1 unspecified atom stereocenters. The van der Waals surface area contributed by atoms with Gasteiger partial charge >= 0.3 is 0 Å². The number of hydrogen-bond acceptors (Lipinski definition) is 4. The number of piperidine rings is 1. The first-order chi connectivity index (χ1) is 10.8. The van der Waals surface area contributed by atoms with Gasteiger partial charge in [0.1, 0.15) is 0 Å². The van der Waals surface area contributed by atoms with E-state index in [1.807, 2.05) is 25.7 Å². The molecule has 0 aromatic heterocycles. The summed E-state index contributed by atoms with van der Waals surface area (Å²) in [6.07, 6.45) is 1.82. The van der Waals surface area contributed by atoms with Crippen LogP contribution in [0.4, 0.5) is 0 Å². The molecule has 0 bridgehead atoms. The van der Waals surface area contributed by atoms with E-state index in [0.717, 1.165) is 19.4 Å². The van der Waals surface area contributed by atoms with Crippen LogP contribution in [0, 0.1) is 5.41 Å². The number of nitrogens with zero attached hydrogens (tertiary/aromatic N) is 2. The summed E-state index contributed by atoms with van der Waals surface area (Å²) >= 11 is 0. The van der Waals surface area contributed by atoms with E-state index in [2.05, 4.69) is 10.6 Å². The Bertz CT molecular complexity index is 472. The van der Waals surface area contributed by atoms with Gasteiger partial charge in [-0.15, -0.1) is 0 Å². The van der Waals surface area contributed by atoms with Crippen molar-refractivity contribution in [3.05, 3.63) is 0 Å². The van der Waals surface area contributed by atoms with Gasteiger partial charge in [0.25, 0.3) is 0 Å². The number of likely N-dealkylation sites (tertiary alicyclic amines) is 1. The summed E-state index contributed by atoms with van der Waals surface area (Å²) in [5, 5.41) is 5.77. The third-order valence-electron chi connectivity index (χ3n) is 4.40. The Morgan fingerprint density at radius 1 is 1.30 bits per heavy atom. The Hall–Kier alpha value is -1.63. The van der Waals surface area contributed by atoms with E-state index in [1.165, 1.54) is 0 Å². The van der Waals surface area contributed by atoms with Gasteiger partial charge in [0, 0.05) is 37.6 Å². The molecule has 2 saturated heterocycles. The number of nitrogens with one attached hydrogen (secondary N) is 2. The molecule has 2 fully saturated rings. The monoisotopic (exact) mass is 324 g/mol. The van der Waals surface area contributed by atoms with Gasteiger partial charge in [0.15, 0.2) is 0 Å². The van der Waals surface area contributed by atoms with Crippen molar-refractivity contribution >= 4 is 17.7 Å². The van der Waals surface area contributed by atoms with E-state index >= 15 is 0 Å². The Morgan fingerprint density at radius 2 is 2.04 bits per heavy atom. The predicted molar refractivity (Wildman–Crippen MR) is 86.6 cm³/mol. The third-order valence-corrected chi connectivity index (χ3v) is 4.40. The van der Waals surface area contributed by atoms with E-state index in [-0.39, 0.29) is 30.3 Å². The molecule has 0 radical (unpaired) electrons. The summed E-state index contributed by atoms with van der Waals surface area (Å²) in [6.45, 7) is 8.63. The average molecular weight is 324 g/mol. The lowest BCUT2D eigenvalue weighted by molar-refractivity contribution is -0.140. The van der Waals surface area contributed by atoms with Crippen molar-refractivity contribution in [2.24, 2.45) is 5.41 Å². The normalized spacial score (nSPS) is 22.9. The maximum absolute atomic E-state index is 12.3. The molecule has 2 heterocycles. The number of carbonyl (C=O) groups excluding carboxylic acids is 3. The second kappa shape index (κ2) is 7.29. The van der Waals surface area contributed by atoms with Crippen molar-refractivity contribution in [1.29, 1.82) is 0 Å². The van der Waals surface area contributed by atoms with E-state index in [9.17, 15) is 14.4 Å². The molecule has 7 nitrogen and oxygen atoms in total. The largest absolute Gasteiger partial charge is 0.347 e. The molecule has 0 aliphatic carbocycles. The molecule has 130 valence electrons. The van der Waals surface area contributed by atoms with Gasteiger partial charge in [-0.25, -0.2) is 0 Å². The summed E-state index contributed by atoms with van der Waals surface area (Å²) in [6, 6.07) is 0.0978. The molecular formula is C16H28N4O3. The highest BCUT2D eigenvalue weighted by atomic mass is 16.2. The second-order valence-corrected chi connectivity index (χ2v) is 7.33.